The molecule has 2 nitrogen and oxygen atoms in total. The highest BCUT2D eigenvalue weighted by Gasteiger charge is 2.62. The van der Waals surface area contributed by atoms with E-state index >= 15 is 0 Å². The third kappa shape index (κ3) is 3.00. The highest BCUT2D eigenvalue weighted by molar-refractivity contribution is 5.17. The average Bonchev–Trinajstić information content (AvgIpc) is 3.05. The minimum atomic E-state index is 0.685. The van der Waals surface area contributed by atoms with Gasteiger partial charge in [0.1, 0.15) is 0 Å². The van der Waals surface area contributed by atoms with Gasteiger partial charge in [0.25, 0.3) is 0 Å². The predicted octanol–water partition coefficient (Wildman–Crippen LogP) is 3.56. The van der Waals surface area contributed by atoms with Gasteiger partial charge in [-0.1, -0.05) is 39.0 Å². The smallest absolute Gasteiger partial charge is 0.0174 e. The minimum absolute atomic E-state index is 0.685. The zero-order valence-corrected chi connectivity index (χ0v) is 12.8. The van der Waals surface area contributed by atoms with Gasteiger partial charge in [-0.05, 0) is 45.2 Å². The highest BCUT2D eigenvalue weighted by Crippen LogP contribution is 2.59. The second kappa shape index (κ2) is 6.13. The molecule has 3 rings (SSSR count). The van der Waals surface area contributed by atoms with E-state index in [1.807, 2.05) is 0 Å². The van der Waals surface area contributed by atoms with Crippen molar-refractivity contribution < 1.29 is 0 Å². The Hall–Kier alpha value is -0.0800. The van der Waals surface area contributed by atoms with Crippen LogP contribution in [0.1, 0.15) is 71.1 Å². The summed E-state index contributed by atoms with van der Waals surface area (Å²) in [5, 5.41) is 3.77. The lowest BCUT2D eigenvalue weighted by atomic mass is 9.98. The van der Waals surface area contributed by atoms with E-state index in [4.69, 9.17) is 0 Å². The molecule has 2 bridgehead atoms. The van der Waals surface area contributed by atoms with Gasteiger partial charge in [-0.25, -0.2) is 0 Å². The molecular weight excluding hydrogens is 232 g/mol. The first-order valence-electron chi connectivity index (χ1n) is 8.82. The fourth-order valence-corrected chi connectivity index (χ4v) is 4.60. The summed E-state index contributed by atoms with van der Waals surface area (Å²) in [7, 11) is 0. The summed E-state index contributed by atoms with van der Waals surface area (Å²) >= 11 is 0. The Kier molecular flexibility index (Phi) is 4.48. The molecule has 110 valence electrons. The van der Waals surface area contributed by atoms with Crippen LogP contribution < -0.4 is 5.32 Å². The molecule has 0 aromatic rings. The maximum atomic E-state index is 3.77. The lowest BCUT2D eigenvalue weighted by Gasteiger charge is -2.26. The van der Waals surface area contributed by atoms with Crippen LogP contribution in [0, 0.1) is 5.41 Å². The normalized spacial score (nSPS) is 44.4. The monoisotopic (exact) mass is 264 g/mol. The topological polar surface area (TPSA) is 15.3 Å². The van der Waals surface area contributed by atoms with Crippen molar-refractivity contribution in [2.45, 2.75) is 83.2 Å². The van der Waals surface area contributed by atoms with Gasteiger partial charge in [-0.15, -0.1) is 0 Å². The fraction of sp³-hybridized carbons (Fsp3) is 1.00. The first-order chi connectivity index (χ1) is 9.36. The molecule has 2 aliphatic heterocycles. The lowest BCUT2D eigenvalue weighted by molar-refractivity contribution is 0.207. The number of piperidine rings is 1. The molecule has 3 aliphatic rings. The lowest BCUT2D eigenvalue weighted by Crippen LogP contribution is -2.33. The van der Waals surface area contributed by atoms with Crippen LogP contribution in [-0.2, 0) is 0 Å². The molecule has 0 aromatic heterocycles. The summed E-state index contributed by atoms with van der Waals surface area (Å²) in [5.41, 5.74) is 0.685. The summed E-state index contributed by atoms with van der Waals surface area (Å²) in [6.45, 7) is 6.32. The van der Waals surface area contributed by atoms with Gasteiger partial charge in [0.05, 0.1) is 0 Å². The van der Waals surface area contributed by atoms with Crippen LogP contribution in [0.25, 0.3) is 0 Å². The molecule has 0 aromatic carbocycles. The van der Waals surface area contributed by atoms with Gasteiger partial charge < -0.3 is 5.32 Å². The molecule has 2 heteroatoms. The molecule has 1 aliphatic carbocycles. The van der Waals surface area contributed by atoms with Gasteiger partial charge in [-0.2, -0.15) is 0 Å². The molecule has 0 amide bonds. The molecule has 2 heterocycles. The van der Waals surface area contributed by atoms with Crippen molar-refractivity contribution in [1.82, 2.24) is 10.2 Å². The molecule has 19 heavy (non-hydrogen) atoms. The van der Waals surface area contributed by atoms with Crippen LogP contribution in [-0.4, -0.2) is 36.6 Å². The maximum absolute atomic E-state index is 3.77. The Bertz CT molecular complexity index is 291. The zero-order valence-electron chi connectivity index (χ0n) is 12.8. The summed E-state index contributed by atoms with van der Waals surface area (Å²) in [5.74, 6) is 0. The molecular formula is C17H32N2. The number of rotatable bonds is 1. The summed E-state index contributed by atoms with van der Waals surface area (Å²) in [4.78, 5) is 2.88. The van der Waals surface area contributed by atoms with Gasteiger partial charge in [0, 0.05) is 24.0 Å². The SMILES string of the molecule is CC[C@@H]1C[C@]23CNCCCCCCCCCN1[C@@H]2C3. The standard InChI is InChI=1S/C17H32N2/c1-2-15-12-17-13-16(17)19(15)11-9-7-5-3-4-6-8-10-18-14-17/h15-16,18H,2-14H2,1H3/t15-,16-,17+/m1/s1. The second-order valence-electron chi connectivity index (χ2n) is 7.24. The largest absolute Gasteiger partial charge is 0.316 e. The Morgan fingerprint density at radius 1 is 1.00 bits per heavy atom. The maximum Gasteiger partial charge on any atom is 0.0174 e. The van der Waals surface area contributed by atoms with Gasteiger partial charge >= 0.3 is 0 Å². The third-order valence-electron chi connectivity index (χ3n) is 5.88. The van der Waals surface area contributed by atoms with Crippen molar-refractivity contribution in [2.75, 3.05) is 19.6 Å². The van der Waals surface area contributed by atoms with Gasteiger partial charge in [0.2, 0.25) is 0 Å². The Balaban J connectivity index is 1.58. The van der Waals surface area contributed by atoms with Crippen molar-refractivity contribution in [1.29, 1.82) is 0 Å². The summed E-state index contributed by atoms with van der Waals surface area (Å²) in [6.07, 6.45) is 14.4. The van der Waals surface area contributed by atoms with Crippen LogP contribution in [0.3, 0.4) is 0 Å². The van der Waals surface area contributed by atoms with Crippen LogP contribution in [0.4, 0.5) is 0 Å². The van der Waals surface area contributed by atoms with E-state index in [1.54, 1.807) is 0 Å². The Labute approximate surface area is 119 Å². The molecule has 3 fully saturated rings. The number of nitrogens with zero attached hydrogens (tertiary/aromatic N) is 1. The molecule has 1 saturated carbocycles. The molecule has 4 atom stereocenters. The minimum Gasteiger partial charge on any atom is -0.316 e. The quantitative estimate of drug-likeness (QED) is 0.779. The highest BCUT2D eigenvalue weighted by atomic mass is 15.3. The van der Waals surface area contributed by atoms with E-state index in [0.29, 0.717) is 5.41 Å². The van der Waals surface area contributed by atoms with Crippen molar-refractivity contribution in [3.63, 3.8) is 0 Å². The molecule has 1 N–H and O–H groups in total. The number of nitrogens with one attached hydrogen (secondary N) is 1. The van der Waals surface area contributed by atoms with E-state index < -0.39 is 0 Å². The molecule has 1 unspecified atom stereocenters. The summed E-state index contributed by atoms with van der Waals surface area (Å²) in [6, 6.07) is 1.83. The summed E-state index contributed by atoms with van der Waals surface area (Å²) < 4.78 is 0. The molecule has 0 radical (unpaired) electrons. The van der Waals surface area contributed by atoms with Crippen LogP contribution in [0.15, 0.2) is 0 Å². The van der Waals surface area contributed by atoms with Gasteiger partial charge in [-0.3, -0.25) is 4.90 Å². The van der Waals surface area contributed by atoms with E-state index in [0.717, 1.165) is 12.1 Å². The van der Waals surface area contributed by atoms with Gasteiger partial charge in [0.15, 0.2) is 0 Å². The van der Waals surface area contributed by atoms with E-state index in [9.17, 15) is 0 Å². The Morgan fingerprint density at radius 3 is 2.53 bits per heavy atom. The van der Waals surface area contributed by atoms with E-state index in [-0.39, 0.29) is 0 Å². The number of hydrogen-bond acceptors (Lipinski definition) is 2. The predicted molar refractivity (Wildman–Crippen MR) is 81.4 cm³/mol. The fourth-order valence-electron chi connectivity index (χ4n) is 4.60. The van der Waals surface area contributed by atoms with Crippen LogP contribution in [0.5, 0.6) is 0 Å². The van der Waals surface area contributed by atoms with Crippen molar-refractivity contribution >= 4 is 0 Å². The van der Waals surface area contributed by atoms with E-state index in [1.165, 1.54) is 83.8 Å². The third-order valence-corrected chi connectivity index (χ3v) is 5.88. The zero-order chi connectivity index (χ0) is 13.1. The van der Waals surface area contributed by atoms with Crippen LogP contribution >= 0.6 is 0 Å². The molecule has 0 spiro atoms. The van der Waals surface area contributed by atoms with Crippen molar-refractivity contribution in [2.24, 2.45) is 5.41 Å². The second-order valence-corrected chi connectivity index (χ2v) is 7.24. The molecule has 2 saturated heterocycles. The Morgan fingerprint density at radius 2 is 1.74 bits per heavy atom. The number of hydrogen-bond donors (Lipinski definition) is 1. The average molecular weight is 264 g/mol. The van der Waals surface area contributed by atoms with Crippen molar-refractivity contribution in [3.8, 4) is 0 Å². The first-order valence-corrected chi connectivity index (χ1v) is 8.82. The van der Waals surface area contributed by atoms with Crippen molar-refractivity contribution in [3.05, 3.63) is 0 Å². The van der Waals surface area contributed by atoms with Crippen LogP contribution in [0.2, 0.25) is 0 Å². The first kappa shape index (κ1) is 13.9. The van der Waals surface area contributed by atoms with E-state index in [2.05, 4.69) is 17.1 Å².